The molecule has 0 saturated carbocycles. The number of aromatic nitrogens is 3. The molecule has 0 amide bonds. The Labute approximate surface area is 226 Å². The Bertz CT molecular complexity index is 1670. The average Bonchev–Trinajstić information content (AvgIpc) is 2.99. The van der Waals surface area contributed by atoms with Crippen molar-refractivity contribution in [3.8, 4) is 0 Å². The number of benzene rings is 2. The first-order valence-corrected chi connectivity index (χ1v) is 14.3. The van der Waals surface area contributed by atoms with Gasteiger partial charge >= 0.3 is 0 Å². The van der Waals surface area contributed by atoms with Gasteiger partial charge in [-0.05, 0) is 61.1 Å². The first-order chi connectivity index (χ1) is 18.6. The quantitative estimate of drug-likeness (QED) is 0.164. The second-order valence-electron chi connectivity index (χ2n) is 10.6. The third kappa shape index (κ3) is 3.90. The van der Waals surface area contributed by atoms with Crippen LogP contribution in [0.25, 0.3) is 32.7 Å². The van der Waals surface area contributed by atoms with Gasteiger partial charge in [0.05, 0.1) is 21.6 Å². The standard InChI is InChI=1S/C32H30N4OS/c1-2-21-19-36-17-14-24(21)18-28(36)32(37,26-13-16-33-27-8-4-3-7-25(26)27)20-38-29-12-11-23-10-9-22-6-5-15-34-30(22)31(23)35-29/h2-13,15-16,21,24,28,37H,1,14,17-20H2/t21-,24-,28+,32+/m0/s1. The van der Waals surface area contributed by atoms with Crippen LogP contribution in [0.4, 0.5) is 0 Å². The summed E-state index contributed by atoms with van der Waals surface area (Å²) in [5.41, 5.74) is 2.62. The van der Waals surface area contributed by atoms with E-state index in [-0.39, 0.29) is 6.04 Å². The first-order valence-electron chi connectivity index (χ1n) is 13.3. The molecule has 3 aliphatic rings. The van der Waals surface area contributed by atoms with Crippen molar-refractivity contribution in [3.05, 3.63) is 97.3 Å². The Morgan fingerprint density at radius 1 is 0.974 bits per heavy atom. The van der Waals surface area contributed by atoms with E-state index in [0.717, 1.165) is 62.8 Å². The van der Waals surface area contributed by atoms with E-state index in [1.807, 2.05) is 42.7 Å². The van der Waals surface area contributed by atoms with Crippen molar-refractivity contribution in [1.29, 1.82) is 0 Å². The predicted molar refractivity (Wildman–Crippen MR) is 155 cm³/mol. The number of fused-ring (bicyclic) bond motifs is 7. The molecular weight excluding hydrogens is 488 g/mol. The normalized spacial score (nSPS) is 24.6. The van der Waals surface area contributed by atoms with Crippen LogP contribution in [0, 0.1) is 11.8 Å². The largest absolute Gasteiger partial charge is 0.383 e. The summed E-state index contributed by atoms with van der Waals surface area (Å²) in [7, 11) is 0. The van der Waals surface area contributed by atoms with E-state index in [1.54, 1.807) is 11.8 Å². The molecule has 0 radical (unpaired) electrons. The molecule has 8 rings (SSSR count). The monoisotopic (exact) mass is 518 g/mol. The number of hydrogen-bond donors (Lipinski definition) is 1. The lowest BCUT2D eigenvalue weighted by molar-refractivity contribution is -0.0959. The van der Waals surface area contributed by atoms with Crippen molar-refractivity contribution in [2.45, 2.75) is 29.5 Å². The third-order valence-corrected chi connectivity index (χ3v) is 9.73. The van der Waals surface area contributed by atoms with E-state index in [0.29, 0.717) is 17.6 Å². The minimum atomic E-state index is -1.06. The van der Waals surface area contributed by atoms with Gasteiger partial charge in [-0.2, -0.15) is 0 Å². The Balaban J connectivity index is 1.30. The lowest BCUT2D eigenvalue weighted by atomic mass is 9.70. The van der Waals surface area contributed by atoms with Gasteiger partial charge in [-0.3, -0.25) is 14.9 Å². The van der Waals surface area contributed by atoms with E-state index in [2.05, 4.69) is 63.9 Å². The number of piperidine rings is 3. The molecule has 6 heteroatoms. The summed E-state index contributed by atoms with van der Waals surface area (Å²) in [5, 5.41) is 16.8. The van der Waals surface area contributed by atoms with E-state index < -0.39 is 5.60 Å². The van der Waals surface area contributed by atoms with Crippen LogP contribution in [0.2, 0.25) is 0 Å². The maximum absolute atomic E-state index is 12.8. The Morgan fingerprint density at radius 2 is 1.82 bits per heavy atom. The smallest absolute Gasteiger partial charge is 0.115 e. The van der Waals surface area contributed by atoms with Crippen LogP contribution in [-0.2, 0) is 5.60 Å². The second kappa shape index (κ2) is 9.45. The molecule has 3 aliphatic heterocycles. The molecule has 2 aromatic carbocycles. The SMILES string of the molecule is C=C[C@H]1CN2CC[C@H]1C[C@@H]2[C@@](O)(CSc1ccc2ccc3cccnc3c2n1)c1ccnc2ccccc12. The second-order valence-corrected chi connectivity index (χ2v) is 11.6. The molecule has 0 spiro atoms. The van der Waals surface area contributed by atoms with Crippen LogP contribution in [0.3, 0.4) is 0 Å². The van der Waals surface area contributed by atoms with Gasteiger partial charge in [-0.1, -0.05) is 48.5 Å². The molecule has 5 aromatic rings. The number of hydrogen-bond acceptors (Lipinski definition) is 6. The highest BCUT2D eigenvalue weighted by atomic mass is 32.2. The van der Waals surface area contributed by atoms with Gasteiger partial charge in [-0.25, -0.2) is 4.98 Å². The summed E-state index contributed by atoms with van der Waals surface area (Å²) in [5.74, 6) is 1.56. The highest BCUT2D eigenvalue weighted by Gasteiger charge is 2.50. The van der Waals surface area contributed by atoms with Crippen LogP contribution in [0.15, 0.2) is 96.8 Å². The number of nitrogens with zero attached hydrogens (tertiary/aromatic N) is 4. The van der Waals surface area contributed by atoms with Crippen molar-refractivity contribution in [3.63, 3.8) is 0 Å². The van der Waals surface area contributed by atoms with Crippen molar-refractivity contribution in [1.82, 2.24) is 19.9 Å². The molecule has 3 aromatic heterocycles. The fourth-order valence-corrected chi connectivity index (χ4v) is 7.67. The van der Waals surface area contributed by atoms with Gasteiger partial charge in [0, 0.05) is 46.9 Å². The number of rotatable bonds is 6. The minimum absolute atomic E-state index is 0.0266. The Morgan fingerprint density at radius 3 is 2.66 bits per heavy atom. The maximum atomic E-state index is 12.8. The van der Waals surface area contributed by atoms with E-state index in [4.69, 9.17) is 4.98 Å². The molecule has 38 heavy (non-hydrogen) atoms. The van der Waals surface area contributed by atoms with Crippen molar-refractivity contribution >= 4 is 44.5 Å². The summed E-state index contributed by atoms with van der Waals surface area (Å²) >= 11 is 1.63. The number of pyridine rings is 3. The summed E-state index contributed by atoms with van der Waals surface area (Å²) in [6.45, 7) is 6.07. The molecule has 3 saturated heterocycles. The zero-order valence-electron chi connectivity index (χ0n) is 21.2. The van der Waals surface area contributed by atoms with Gasteiger partial charge in [0.1, 0.15) is 5.60 Å². The molecular formula is C32H30N4OS. The minimum Gasteiger partial charge on any atom is -0.383 e. The van der Waals surface area contributed by atoms with Gasteiger partial charge in [0.25, 0.3) is 0 Å². The third-order valence-electron chi connectivity index (χ3n) is 8.62. The van der Waals surface area contributed by atoms with Crippen LogP contribution in [0.5, 0.6) is 0 Å². The zero-order chi connectivity index (χ0) is 25.7. The molecule has 5 atom stereocenters. The molecule has 5 nitrogen and oxygen atoms in total. The van der Waals surface area contributed by atoms with E-state index >= 15 is 0 Å². The molecule has 1 N–H and O–H groups in total. The Kier molecular flexibility index (Phi) is 5.91. The van der Waals surface area contributed by atoms with E-state index in [9.17, 15) is 5.11 Å². The van der Waals surface area contributed by atoms with E-state index in [1.165, 1.54) is 6.42 Å². The van der Waals surface area contributed by atoms with Crippen LogP contribution < -0.4 is 0 Å². The fourth-order valence-electron chi connectivity index (χ4n) is 6.63. The first kappa shape index (κ1) is 23.8. The number of thioether (sulfide) groups is 1. The molecule has 0 aliphatic carbocycles. The number of aliphatic hydroxyl groups is 1. The summed E-state index contributed by atoms with van der Waals surface area (Å²) in [6.07, 6.45) is 7.89. The maximum Gasteiger partial charge on any atom is 0.115 e. The molecule has 3 fully saturated rings. The van der Waals surface area contributed by atoms with Gasteiger partial charge in [0.15, 0.2) is 0 Å². The average molecular weight is 519 g/mol. The summed E-state index contributed by atoms with van der Waals surface area (Å²) in [6, 6.07) is 22.6. The van der Waals surface area contributed by atoms with Gasteiger partial charge < -0.3 is 5.11 Å². The van der Waals surface area contributed by atoms with Crippen LogP contribution >= 0.6 is 11.8 Å². The molecule has 190 valence electrons. The lowest BCUT2D eigenvalue weighted by Gasteiger charge is -2.54. The van der Waals surface area contributed by atoms with Crippen molar-refractivity contribution in [2.75, 3.05) is 18.8 Å². The molecule has 6 heterocycles. The topological polar surface area (TPSA) is 62.1 Å². The highest BCUT2D eigenvalue weighted by Crippen LogP contribution is 2.46. The van der Waals surface area contributed by atoms with Crippen molar-refractivity contribution in [2.24, 2.45) is 11.8 Å². The Hall–Kier alpha value is -3.32. The predicted octanol–water partition coefficient (Wildman–Crippen LogP) is 6.21. The summed E-state index contributed by atoms with van der Waals surface area (Å²) in [4.78, 5) is 16.7. The van der Waals surface area contributed by atoms with Crippen molar-refractivity contribution < 1.29 is 5.11 Å². The lowest BCUT2D eigenvalue weighted by Crippen LogP contribution is -2.61. The van der Waals surface area contributed by atoms with Gasteiger partial charge in [0.2, 0.25) is 0 Å². The van der Waals surface area contributed by atoms with Crippen LogP contribution in [-0.4, -0.2) is 49.8 Å². The van der Waals surface area contributed by atoms with Gasteiger partial charge in [-0.15, -0.1) is 18.3 Å². The zero-order valence-corrected chi connectivity index (χ0v) is 22.0. The highest BCUT2D eigenvalue weighted by molar-refractivity contribution is 7.99. The molecule has 1 unspecified atom stereocenters. The fraction of sp³-hybridized carbons (Fsp3) is 0.281. The van der Waals surface area contributed by atoms with Crippen LogP contribution in [0.1, 0.15) is 18.4 Å². The molecule has 2 bridgehead atoms. The summed E-state index contributed by atoms with van der Waals surface area (Å²) < 4.78 is 0. The number of para-hydroxylation sites is 1.